The summed E-state index contributed by atoms with van der Waals surface area (Å²) >= 11 is 0. The summed E-state index contributed by atoms with van der Waals surface area (Å²) in [6.07, 6.45) is 3.34. The molecule has 0 bridgehead atoms. The van der Waals surface area contributed by atoms with Crippen molar-refractivity contribution >= 4 is 23.5 Å². The molecule has 0 aromatic heterocycles. The predicted octanol–water partition coefficient (Wildman–Crippen LogP) is 5.63. The Balaban J connectivity index is 2.15. The zero-order valence-electron chi connectivity index (χ0n) is 21.9. The number of esters is 2. The van der Waals surface area contributed by atoms with Gasteiger partial charge in [0.05, 0.1) is 26.4 Å². The number of hydrogen-bond donors (Lipinski definition) is 0. The molecular formula is C31H33NO6. The van der Waals surface area contributed by atoms with Crippen LogP contribution in [0, 0.1) is 0 Å². The Labute approximate surface area is 223 Å². The Morgan fingerprint density at radius 1 is 0.789 bits per heavy atom. The largest absolute Gasteiger partial charge is 0.497 e. The van der Waals surface area contributed by atoms with E-state index in [1.165, 1.54) is 6.08 Å². The monoisotopic (exact) mass is 515 g/mol. The maximum atomic E-state index is 14.4. The summed E-state index contributed by atoms with van der Waals surface area (Å²) in [5.41, 5.74) is 1.93. The zero-order valence-corrected chi connectivity index (χ0v) is 21.9. The van der Waals surface area contributed by atoms with Crippen LogP contribution < -0.4 is 9.64 Å². The van der Waals surface area contributed by atoms with Crippen molar-refractivity contribution in [2.24, 2.45) is 0 Å². The van der Waals surface area contributed by atoms with Crippen molar-refractivity contribution in [2.45, 2.75) is 32.2 Å². The molecule has 0 aliphatic carbocycles. The number of nitrogens with zero attached hydrogens (tertiary/aromatic N) is 1. The van der Waals surface area contributed by atoms with Crippen LogP contribution in [0.25, 0.3) is 0 Å². The number of ether oxygens (including phenoxy) is 3. The summed E-state index contributed by atoms with van der Waals surface area (Å²) in [5, 5.41) is 0. The Morgan fingerprint density at radius 2 is 1.37 bits per heavy atom. The molecule has 0 radical (unpaired) electrons. The molecule has 198 valence electrons. The lowest BCUT2D eigenvalue weighted by Gasteiger charge is -2.34. The quantitative estimate of drug-likeness (QED) is 0.177. The SMILES string of the molecule is CCOC(=O)/C=C/CC(c1ccccc1)N(C(=O)C(C(=O)OCC)c1ccccc1)c1ccc(OC)cc1. The first-order valence-electron chi connectivity index (χ1n) is 12.6. The van der Waals surface area contributed by atoms with E-state index >= 15 is 0 Å². The lowest BCUT2D eigenvalue weighted by Crippen LogP contribution is -2.41. The van der Waals surface area contributed by atoms with Crippen molar-refractivity contribution < 1.29 is 28.6 Å². The minimum absolute atomic E-state index is 0.141. The van der Waals surface area contributed by atoms with Crippen LogP contribution in [-0.4, -0.2) is 38.2 Å². The van der Waals surface area contributed by atoms with Gasteiger partial charge in [-0.25, -0.2) is 4.79 Å². The molecule has 0 spiro atoms. The van der Waals surface area contributed by atoms with Crippen LogP contribution in [-0.2, 0) is 23.9 Å². The lowest BCUT2D eigenvalue weighted by atomic mass is 9.94. The second-order valence-corrected chi connectivity index (χ2v) is 8.32. The Kier molecular flexibility index (Phi) is 10.7. The smallest absolute Gasteiger partial charge is 0.330 e. The summed E-state index contributed by atoms with van der Waals surface area (Å²) in [4.78, 5) is 41.2. The summed E-state index contributed by atoms with van der Waals surface area (Å²) in [5.74, 6) is -2.09. The molecule has 1 amide bonds. The fraction of sp³-hybridized carbons (Fsp3) is 0.258. The van der Waals surface area contributed by atoms with Crippen LogP contribution in [0.3, 0.4) is 0 Å². The predicted molar refractivity (Wildman–Crippen MR) is 146 cm³/mol. The average Bonchev–Trinajstić information content (AvgIpc) is 2.94. The molecule has 0 fully saturated rings. The van der Waals surface area contributed by atoms with Gasteiger partial charge in [0.1, 0.15) is 5.75 Å². The van der Waals surface area contributed by atoms with E-state index in [2.05, 4.69) is 0 Å². The molecule has 2 unspecified atom stereocenters. The van der Waals surface area contributed by atoms with E-state index in [1.807, 2.05) is 36.4 Å². The number of benzene rings is 3. The Bertz CT molecular complexity index is 1210. The highest BCUT2D eigenvalue weighted by Gasteiger charge is 2.37. The molecule has 3 aromatic carbocycles. The highest BCUT2D eigenvalue weighted by Crippen LogP contribution is 2.35. The van der Waals surface area contributed by atoms with E-state index < -0.39 is 29.8 Å². The highest BCUT2D eigenvalue weighted by atomic mass is 16.5. The van der Waals surface area contributed by atoms with Gasteiger partial charge in [-0.3, -0.25) is 9.59 Å². The molecule has 0 saturated carbocycles. The molecule has 3 rings (SSSR count). The summed E-state index contributed by atoms with van der Waals surface area (Å²) in [6, 6.07) is 24.9. The average molecular weight is 516 g/mol. The molecule has 38 heavy (non-hydrogen) atoms. The molecule has 0 heterocycles. The molecule has 0 N–H and O–H groups in total. The van der Waals surface area contributed by atoms with E-state index in [9.17, 15) is 14.4 Å². The summed E-state index contributed by atoms with van der Waals surface area (Å²) in [6.45, 7) is 3.85. The number of hydrogen-bond acceptors (Lipinski definition) is 6. The third-order valence-electron chi connectivity index (χ3n) is 5.89. The van der Waals surface area contributed by atoms with Gasteiger partial charge in [0.2, 0.25) is 5.91 Å². The topological polar surface area (TPSA) is 82.1 Å². The van der Waals surface area contributed by atoms with Gasteiger partial charge in [-0.1, -0.05) is 66.7 Å². The van der Waals surface area contributed by atoms with Crippen molar-refractivity contribution in [1.29, 1.82) is 0 Å². The van der Waals surface area contributed by atoms with Gasteiger partial charge >= 0.3 is 11.9 Å². The van der Waals surface area contributed by atoms with Crippen LogP contribution >= 0.6 is 0 Å². The maximum Gasteiger partial charge on any atom is 0.330 e. The van der Waals surface area contributed by atoms with Crippen LogP contribution in [0.4, 0.5) is 5.69 Å². The molecule has 7 nitrogen and oxygen atoms in total. The third kappa shape index (κ3) is 7.32. The van der Waals surface area contributed by atoms with Crippen molar-refractivity contribution in [3.8, 4) is 5.75 Å². The second kappa shape index (κ2) is 14.4. The van der Waals surface area contributed by atoms with Gasteiger partial charge in [-0.2, -0.15) is 0 Å². The highest BCUT2D eigenvalue weighted by molar-refractivity contribution is 6.11. The van der Waals surface area contributed by atoms with Gasteiger partial charge in [-0.15, -0.1) is 0 Å². The first-order chi connectivity index (χ1) is 18.5. The Morgan fingerprint density at radius 3 is 1.92 bits per heavy atom. The molecule has 0 saturated heterocycles. The van der Waals surface area contributed by atoms with Gasteiger partial charge in [0, 0.05) is 11.8 Å². The van der Waals surface area contributed by atoms with Gasteiger partial charge in [0.25, 0.3) is 0 Å². The number of methoxy groups -OCH3 is 1. The third-order valence-corrected chi connectivity index (χ3v) is 5.89. The van der Waals surface area contributed by atoms with Crippen LogP contribution in [0.15, 0.2) is 97.1 Å². The number of anilines is 1. The first-order valence-corrected chi connectivity index (χ1v) is 12.6. The van der Waals surface area contributed by atoms with Crippen LogP contribution in [0.5, 0.6) is 5.75 Å². The van der Waals surface area contributed by atoms with E-state index in [0.29, 0.717) is 23.4 Å². The van der Waals surface area contributed by atoms with Crippen LogP contribution in [0.2, 0.25) is 0 Å². The van der Waals surface area contributed by atoms with E-state index in [1.54, 1.807) is 80.5 Å². The fourth-order valence-electron chi connectivity index (χ4n) is 4.14. The second-order valence-electron chi connectivity index (χ2n) is 8.32. The molecule has 7 heteroatoms. The van der Waals surface area contributed by atoms with E-state index in [0.717, 1.165) is 5.56 Å². The molecule has 2 atom stereocenters. The van der Waals surface area contributed by atoms with Crippen molar-refractivity contribution in [2.75, 3.05) is 25.2 Å². The molecule has 0 aliphatic heterocycles. The molecule has 3 aromatic rings. The molecular weight excluding hydrogens is 482 g/mol. The normalized spacial score (nSPS) is 12.4. The minimum Gasteiger partial charge on any atom is -0.497 e. The minimum atomic E-state index is -1.18. The van der Waals surface area contributed by atoms with Gasteiger partial charge in [-0.05, 0) is 55.7 Å². The van der Waals surface area contributed by atoms with Crippen LogP contribution in [0.1, 0.15) is 43.4 Å². The number of carbonyl (C=O) groups is 3. The van der Waals surface area contributed by atoms with Crippen molar-refractivity contribution in [3.63, 3.8) is 0 Å². The van der Waals surface area contributed by atoms with E-state index in [4.69, 9.17) is 14.2 Å². The van der Waals surface area contributed by atoms with Crippen molar-refractivity contribution in [1.82, 2.24) is 0 Å². The summed E-state index contributed by atoms with van der Waals surface area (Å²) < 4.78 is 15.7. The number of carbonyl (C=O) groups excluding carboxylic acids is 3. The maximum absolute atomic E-state index is 14.4. The lowest BCUT2D eigenvalue weighted by molar-refractivity contribution is -0.148. The standard InChI is InChI=1S/C31H33NO6/c1-4-37-28(33)18-12-17-27(23-13-8-6-9-14-23)32(25-19-21-26(36-3)22-20-25)30(34)29(31(35)38-5-2)24-15-10-7-11-16-24/h6-16,18-22,27,29H,4-5,17H2,1-3H3/b18-12+. The zero-order chi connectivity index (χ0) is 27.3. The van der Waals surface area contributed by atoms with E-state index in [-0.39, 0.29) is 13.2 Å². The first kappa shape index (κ1) is 28.2. The Hall–Kier alpha value is -4.39. The van der Waals surface area contributed by atoms with Crippen molar-refractivity contribution in [3.05, 3.63) is 108 Å². The summed E-state index contributed by atoms with van der Waals surface area (Å²) in [7, 11) is 1.57. The number of amides is 1. The fourth-order valence-corrected chi connectivity index (χ4v) is 4.14. The van der Waals surface area contributed by atoms with Gasteiger partial charge < -0.3 is 19.1 Å². The molecule has 0 aliphatic rings. The number of rotatable bonds is 12. The van der Waals surface area contributed by atoms with Gasteiger partial charge in [0.15, 0.2) is 5.92 Å².